The third-order valence-electron chi connectivity index (χ3n) is 3.11. The van der Waals surface area contributed by atoms with Crippen LogP contribution in [0.3, 0.4) is 0 Å². The number of hydrogen-bond donors (Lipinski definition) is 2. The molecule has 1 amide bonds. The topological polar surface area (TPSA) is 89.3 Å². The highest BCUT2D eigenvalue weighted by atomic mass is 32.2. The molecule has 0 radical (unpaired) electrons. The monoisotopic (exact) mass is 280 g/mol. The number of carbonyl (C=O) groups is 1. The molecule has 0 aromatic rings. The average Bonchev–Trinajstić information content (AvgIpc) is 2.15. The van der Waals surface area contributed by atoms with Crippen LogP contribution in [0.25, 0.3) is 0 Å². The number of nitrogens with two attached hydrogens (primary N) is 1. The molecule has 0 aliphatic rings. The predicted molar refractivity (Wildman–Crippen MR) is 72.5 cm³/mol. The summed E-state index contributed by atoms with van der Waals surface area (Å²) in [4.78, 5) is 12.1. The van der Waals surface area contributed by atoms with Crippen LogP contribution in [0.2, 0.25) is 0 Å². The van der Waals surface area contributed by atoms with Crippen molar-refractivity contribution in [1.82, 2.24) is 5.32 Å². The van der Waals surface area contributed by atoms with Crippen molar-refractivity contribution in [2.45, 2.75) is 44.4 Å². The lowest BCUT2D eigenvalue weighted by Crippen LogP contribution is -2.60. The fourth-order valence-corrected chi connectivity index (χ4v) is 1.48. The van der Waals surface area contributed by atoms with E-state index < -0.39 is 26.0 Å². The van der Waals surface area contributed by atoms with E-state index in [1.54, 1.807) is 6.92 Å². The molecular weight excluding hydrogens is 260 g/mol. The SMILES string of the molecule is CCC(C)(NC(=O)C(C)(C)S(C)(=O)=O)C(N)=S. The van der Waals surface area contributed by atoms with Gasteiger partial charge in [0.2, 0.25) is 5.91 Å². The first kappa shape index (κ1) is 16.3. The molecule has 0 aromatic carbocycles. The minimum atomic E-state index is -3.50. The molecule has 0 aliphatic heterocycles. The Morgan fingerprint density at radius 3 is 2.00 bits per heavy atom. The summed E-state index contributed by atoms with van der Waals surface area (Å²) in [5.41, 5.74) is 4.68. The molecule has 3 N–H and O–H groups in total. The predicted octanol–water partition coefficient (Wildman–Crippen LogP) is 0.381. The van der Waals surface area contributed by atoms with Crippen molar-refractivity contribution in [3.05, 3.63) is 0 Å². The lowest BCUT2D eigenvalue weighted by Gasteiger charge is -2.32. The maximum absolute atomic E-state index is 12.0. The van der Waals surface area contributed by atoms with E-state index >= 15 is 0 Å². The quantitative estimate of drug-likeness (QED) is 0.711. The van der Waals surface area contributed by atoms with Gasteiger partial charge in [0.05, 0.1) is 10.5 Å². The highest BCUT2D eigenvalue weighted by Gasteiger charge is 2.41. The Hall–Kier alpha value is -0.690. The maximum atomic E-state index is 12.0. The molecule has 17 heavy (non-hydrogen) atoms. The van der Waals surface area contributed by atoms with Crippen LogP contribution in [0.1, 0.15) is 34.1 Å². The van der Waals surface area contributed by atoms with Crippen LogP contribution < -0.4 is 11.1 Å². The summed E-state index contributed by atoms with van der Waals surface area (Å²) in [5.74, 6) is -0.600. The molecule has 1 unspecified atom stereocenters. The van der Waals surface area contributed by atoms with Crippen molar-refractivity contribution < 1.29 is 13.2 Å². The fraction of sp³-hybridized carbons (Fsp3) is 0.800. The van der Waals surface area contributed by atoms with Crippen molar-refractivity contribution in [2.24, 2.45) is 5.73 Å². The van der Waals surface area contributed by atoms with Crippen LogP contribution >= 0.6 is 12.2 Å². The molecule has 0 bridgehead atoms. The molecular formula is C10H20N2O3S2. The summed E-state index contributed by atoms with van der Waals surface area (Å²) in [7, 11) is -3.50. The van der Waals surface area contributed by atoms with E-state index in [-0.39, 0.29) is 4.99 Å². The molecule has 5 nitrogen and oxygen atoms in total. The Morgan fingerprint density at radius 2 is 1.76 bits per heavy atom. The second kappa shape index (κ2) is 4.89. The van der Waals surface area contributed by atoms with Gasteiger partial charge in [-0.1, -0.05) is 19.1 Å². The Morgan fingerprint density at radius 1 is 1.35 bits per heavy atom. The molecule has 0 fully saturated rings. The number of thiocarbonyl (C=S) groups is 1. The summed E-state index contributed by atoms with van der Waals surface area (Å²) in [5, 5.41) is 2.61. The number of nitrogens with one attached hydrogen (secondary N) is 1. The van der Waals surface area contributed by atoms with Gasteiger partial charge in [-0.15, -0.1) is 0 Å². The van der Waals surface area contributed by atoms with Crippen LogP contribution in [-0.2, 0) is 14.6 Å². The first-order valence-electron chi connectivity index (χ1n) is 5.20. The summed E-state index contributed by atoms with van der Waals surface area (Å²) >= 11 is 4.88. The third-order valence-corrected chi connectivity index (χ3v) is 5.60. The van der Waals surface area contributed by atoms with Gasteiger partial charge in [0, 0.05) is 6.26 Å². The maximum Gasteiger partial charge on any atom is 0.241 e. The molecule has 0 spiro atoms. The first-order chi connectivity index (χ1) is 7.38. The highest BCUT2D eigenvalue weighted by Crippen LogP contribution is 2.18. The van der Waals surface area contributed by atoms with E-state index in [9.17, 15) is 13.2 Å². The lowest BCUT2D eigenvalue weighted by molar-refractivity contribution is -0.124. The van der Waals surface area contributed by atoms with E-state index in [4.69, 9.17) is 18.0 Å². The largest absolute Gasteiger partial charge is 0.391 e. The van der Waals surface area contributed by atoms with Crippen molar-refractivity contribution in [2.75, 3.05) is 6.26 Å². The molecule has 0 heterocycles. The fourth-order valence-electron chi connectivity index (χ4n) is 0.894. The van der Waals surface area contributed by atoms with Gasteiger partial charge in [0.25, 0.3) is 0 Å². The number of hydrogen-bond acceptors (Lipinski definition) is 4. The van der Waals surface area contributed by atoms with Crippen LogP contribution in [-0.4, -0.2) is 35.9 Å². The smallest absolute Gasteiger partial charge is 0.241 e. The summed E-state index contributed by atoms with van der Waals surface area (Å²) in [6, 6.07) is 0. The molecule has 100 valence electrons. The highest BCUT2D eigenvalue weighted by molar-refractivity contribution is 7.92. The molecule has 1 atom stereocenters. The van der Waals surface area contributed by atoms with E-state index in [0.29, 0.717) is 6.42 Å². The lowest BCUT2D eigenvalue weighted by atomic mass is 9.97. The molecule has 0 saturated carbocycles. The van der Waals surface area contributed by atoms with Gasteiger partial charge >= 0.3 is 0 Å². The third kappa shape index (κ3) is 3.38. The number of sulfone groups is 1. The van der Waals surface area contributed by atoms with Crippen molar-refractivity contribution in [3.8, 4) is 0 Å². The van der Waals surface area contributed by atoms with E-state index in [0.717, 1.165) is 6.26 Å². The van der Waals surface area contributed by atoms with Gasteiger partial charge in [-0.05, 0) is 27.2 Å². The minimum absolute atomic E-state index is 0.137. The van der Waals surface area contributed by atoms with Crippen molar-refractivity contribution >= 4 is 33.0 Å². The van der Waals surface area contributed by atoms with Gasteiger partial charge < -0.3 is 11.1 Å². The van der Waals surface area contributed by atoms with E-state index in [1.807, 2.05) is 6.92 Å². The molecule has 0 aliphatic carbocycles. The second-order valence-electron chi connectivity index (χ2n) is 4.79. The van der Waals surface area contributed by atoms with Crippen molar-refractivity contribution in [3.63, 3.8) is 0 Å². The van der Waals surface area contributed by atoms with Gasteiger partial charge in [0.1, 0.15) is 4.75 Å². The molecule has 7 heteroatoms. The zero-order chi connectivity index (χ0) is 14.1. The van der Waals surface area contributed by atoms with Gasteiger partial charge in [-0.2, -0.15) is 0 Å². The van der Waals surface area contributed by atoms with E-state index in [1.165, 1.54) is 13.8 Å². The number of carbonyl (C=O) groups excluding carboxylic acids is 1. The summed E-state index contributed by atoms with van der Waals surface area (Å²) in [6.45, 7) is 6.19. The van der Waals surface area contributed by atoms with Crippen LogP contribution in [0.5, 0.6) is 0 Å². The standard InChI is InChI=1S/C10H20N2O3S2/c1-6-10(4,7(11)16)12-8(13)9(2,3)17(5,14)15/h6H2,1-5H3,(H2,11,16)(H,12,13). The number of rotatable bonds is 5. The Labute approximate surface area is 108 Å². The minimum Gasteiger partial charge on any atom is -0.391 e. The van der Waals surface area contributed by atoms with Crippen LogP contribution in [0, 0.1) is 0 Å². The van der Waals surface area contributed by atoms with Gasteiger partial charge in [-0.25, -0.2) is 8.42 Å². The summed E-state index contributed by atoms with van der Waals surface area (Å²) in [6.07, 6.45) is 1.52. The van der Waals surface area contributed by atoms with Gasteiger partial charge in [0.15, 0.2) is 9.84 Å². The molecule has 0 aromatic heterocycles. The van der Waals surface area contributed by atoms with Crippen LogP contribution in [0.4, 0.5) is 0 Å². The molecule has 0 rings (SSSR count). The Kier molecular flexibility index (Phi) is 4.70. The van der Waals surface area contributed by atoms with Crippen LogP contribution in [0.15, 0.2) is 0 Å². The summed E-state index contributed by atoms with van der Waals surface area (Å²) < 4.78 is 21.5. The Bertz CT molecular complexity index is 429. The van der Waals surface area contributed by atoms with E-state index in [2.05, 4.69) is 5.32 Å². The zero-order valence-electron chi connectivity index (χ0n) is 10.8. The van der Waals surface area contributed by atoms with Gasteiger partial charge in [-0.3, -0.25) is 4.79 Å². The average molecular weight is 280 g/mol. The second-order valence-corrected chi connectivity index (χ2v) is 7.79. The molecule has 0 saturated heterocycles. The normalized spacial score (nSPS) is 16.1. The number of amides is 1. The zero-order valence-corrected chi connectivity index (χ0v) is 12.5. The van der Waals surface area contributed by atoms with Crippen molar-refractivity contribution in [1.29, 1.82) is 0 Å². The Balaban J connectivity index is 5.20. The first-order valence-corrected chi connectivity index (χ1v) is 7.50.